The largest absolute Gasteiger partial charge is 0.487 e. The number of aromatic nitrogens is 1. The van der Waals surface area contributed by atoms with Crippen molar-refractivity contribution in [2.45, 2.75) is 13.5 Å². The molecule has 0 radical (unpaired) electrons. The third kappa shape index (κ3) is 5.53. The van der Waals surface area contributed by atoms with E-state index >= 15 is 0 Å². The van der Waals surface area contributed by atoms with Crippen molar-refractivity contribution in [3.63, 3.8) is 0 Å². The molecule has 148 valence electrons. The first-order valence-electron chi connectivity index (χ1n) is 8.91. The number of ether oxygens (including phenoxy) is 1. The zero-order valence-corrected chi connectivity index (χ0v) is 16.6. The summed E-state index contributed by atoms with van der Waals surface area (Å²) in [5, 5.41) is 17.7. The number of hydrogen-bond donors (Lipinski definition) is 2. The minimum Gasteiger partial charge on any atom is -0.487 e. The Morgan fingerprint density at radius 2 is 2.03 bits per heavy atom. The van der Waals surface area contributed by atoms with Crippen LogP contribution in [-0.2, 0) is 6.61 Å². The van der Waals surface area contributed by atoms with Gasteiger partial charge in [0.05, 0.1) is 16.4 Å². The molecule has 1 aromatic heterocycles. The summed E-state index contributed by atoms with van der Waals surface area (Å²) in [4.78, 5) is 16.6. The molecule has 1 amide bonds. The minimum absolute atomic E-state index is 0.0396. The van der Waals surface area contributed by atoms with E-state index in [1.54, 1.807) is 41.7 Å². The van der Waals surface area contributed by atoms with Gasteiger partial charge in [-0.15, -0.1) is 11.3 Å². The Morgan fingerprint density at radius 3 is 2.72 bits per heavy atom. The van der Waals surface area contributed by atoms with E-state index in [0.29, 0.717) is 36.7 Å². The van der Waals surface area contributed by atoms with Gasteiger partial charge in [0.15, 0.2) is 0 Å². The molecule has 0 atom stereocenters. The lowest BCUT2D eigenvalue weighted by Gasteiger charge is -2.10. The van der Waals surface area contributed by atoms with Gasteiger partial charge in [-0.05, 0) is 43.3 Å². The van der Waals surface area contributed by atoms with Crippen LogP contribution < -0.4 is 15.4 Å². The van der Waals surface area contributed by atoms with Crippen molar-refractivity contribution >= 4 is 22.9 Å². The summed E-state index contributed by atoms with van der Waals surface area (Å²) in [7, 11) is 0. The van der Waals surface area contributed by atoms with E-state index in [9.17, 15) is 9.18 Å². The fraction of sp³-hybridized carbons (Fsp3) is 0.190. The Morgan fingerprint density at radius 1 is 1.24 bits per heavy atom. The Kier molecular flexibility index (Phi) is 6.76. The number of nitrogens with zero attached hydrogens (tertiary/aromatic N) is 2. The monoisotopic (exact) mass is 410 g/mol. The topological polar surface area (TPSA) is 87.0 Å². The van der Waals surface area contributed by atoms with E-state index in [-0.39, 0.29) is 11.5 Å². The van der Waals surface area contributed by atoms with Crippen LogP contribution in [0.5, 0.6) is 5.75 Å². The number of nitrogens with one attached hydrogen (secondary N) is 2. The van der Waals surface area contributed by atoms with Crippen LogP contribution in [0, 0.1) is 24.1 Å². The number of nitriles is 1. The maximum absolute atomic E-state index is 13.5. The highest BCUT2D eigenvalue weighted by atomic mass is 32.1. The second-order valence-corrected chi connectivity index (χ2v) is 7.19. The molecule has 1 heterocycles. The van der Waals surface area contributed by atoms with E-state index in [4.69, 9.17) is 10.00 Å². The van der Waals surface area contributed by atoms with Crippen LogP contribution in [0.2, 0.25) is 0 Å². The highest BCUT2D eigenvalue weighted by Gasteiger charge is 2.08. The van der Waals surface area contributed by atoms with Gasteiger partial charge < -0.3 is 15.4 Å². The van der Waals surface area contributed by atoms with Crippen LogP contribution in [0.4, 0.5) is 10.1 Å². The highest BCUT2D eigenvalue weighted by molar-refractivity contribution is 7.09. The third-order valence-electron chi connectivity index (χ3n) is 4.02. The van der Waals surface area contributed by atoms with E-state index in [1.807, 2.05) is 18.4 Å². The van der Waals surface area contributed by atoms with E-state index < -0.39 is 5.82 Å². The first-order chi connectivity index (χ1) is 14.1. The average molecular weight is 410 g/mol. The molecule has 0 aliphatic carbocycles. The van der Waals surface area contributed by atoms with Crippen molar-refractivity contribution in [1.29, 1.82) is 5.26 Å². The van der Waals surface area contributed by atoms with Crippen molar-refractivity contribution < 1.29 is 13.9 Å². The zero-order chi connectivity index (χ0) is 20.6. The van der Waals surface area contributed by atoms with Crippen molar-refractivity contribution in [2.75, 3.05) is 18.4 Å². The van der Waals surface area contributed by atoms with E-state index in [1.165, 1.54) is 12.1 Å². The van der Waals surface area contributed by atoms with Gasteiger partial charge in [-0.1, -0.05) is 6.07 Å². The Balaban J connectivity index is 1.45. The van der Waals surface area contributed by atoms with Crippen LogP contribution >= 0.6 is 11.3 Å². The summed E-state index contributed by atoms with van der Waals surface area (Å²) in [6, 6.07) is 13.0. The number of aryl methyl sites for hydroxylation is 1. The molecule has 0 saturated carbocycles. The summed E-state index contributed by atoms with van der Waals surface area (Å²) >= 11 is 1.57. The first-order valence-corrected chi connectivity index (χ1v) is 9.79. The predicted octanol–water partition coefficient (Wildman–Crippen LogP) is 3.88. The van der Waals surface area contributed by atoms with Crippen molar-refractivity contribution in [3.05, 3.63) is 75.5 Å². The predicted molar refractivity (Wildman–Crippen MR) is 110 cm³/mol. The molecule has 0 saturated heterocycles. The lowest BCUT2D eigenvalue weighted by Crippen LogP contribution is -2.28. The van der Waals surface area contributed by atoms with Crippen LogP contribution in [0.1, 0.15) is 26.6 Å². The molecule has 2 N–H and O–H groups in total. The lowest BCUT2D eigenvalue weighted by atomic mass is 10.2. The first kappa shape index (κ1) is 20.3. The molecular weight excluding hydrogens is 391 g/mol. The average Bonchev–Trinajstić information content (AvgIpc) is 3.15. The fourth-order valence-electron chi connectivity index (χ4n) is 2.59. The number of carbonyl (C=O) groups excluding carboxylic acids is 1. The maximum atomic E-state index is 13.5. The number of benzene rings is 2. The van der Waals surface area contributed by atoms with Gasteiger partial charge in [-0.25, -0.2) is 9.37 Å². The number of carbonyl (C=O) groups is 1. The quantitative estimate of drug-likeness (QED) is 0.550. The van der Waals surface area contributed by atoms with E-state index in [2.05, 4.69) is 15.6 Å². The maximum Gasteiger partial charge on any atom is 0.251 e. The summed E-state index contributed by atoms with van der Waals surface area (Å²) in [5.41, 5.74) is 1.74. The standard InChI is InChI=1S/C21H19FN4O2S/c1-14-26-16(13-29-14)12-28-17-7-5-15(6-8-17)21(27)25-10-9-24-20-4-2-3-19(22)18(20)11-23/h2-8,13,24H,9-10,12H2,1H3,(H,25,27). The molecule has 0 aliphatic heterocycles. The molecule has 0 fully saturated rings. The molecule has 0 spiro atoms. The highest BCUT2D eigenvalue weighted by Crippen LogP contribution is 2.17. The summed E-state index contributed by atoms with van der Waals surface area (Å²) in [5.74, 6) is -0.147. The molecule has 8 heteroatoms. The molecule has 0 bridgehead atoms. The van der Waals surface area contributed by atoms with Gasteiger partial charge in [-0.2, -0.15) is 5.26 Å². The van der Waals surface area contributed by atoms with Gasteiger partial charge in [0.1, 0.15) is 29.8 Å². The number of rotatable bonds is 8. The summed E-state index contributed by atoms with van der Waals surface area (Å²) in [6.07, 6.45) is 0. The number of amides is 1. The van der Waals surface area contributed by atoms with Crippen molar-refractivity contribution in [2.24, 2.45) is 0 Å². The third-order valence-corrected chi connectivity index (χ3v) is 4.84. The van der Waals surface area contributed by atoms with Crippen LogP contribution in [0.15, 0.2) is 47.8 Å². The molecule has 3 rings (SSSR count). The van der Waals surface area contributed by atoms with Crippen molar-refractivity contribution in [1.82, 2.24) is 10.3 Å². The Labute approximate surface area is 172 Å². The summed E-state index contributed by atoms with van der Waals surface area (Å²) in [6.45, 7) is 3.00. The lowest BCUT2D eigenvalue weighted by molar-refractivity contribution is 0.0955. The van der Waals surface area contributed by atoms with Gasteiger partial charge in [0.2, 0.25) is 0 Å². The van der Waals surface area contributed by atoms with E-state index in [0.717, 1.165) is 10.7 Å². The van der Waals surface area contributed by atoms with Crippen LogP contribution in [-0.4, -0.2) is 24.0 Å². The smallest absolute Gasteiger partial charge is 0.251 e. The van der Waals surface area contributed by atoms with Gasteiger partial charge in [-0.3, -0.25) is 4.79 Å². The number of thiazole rings is 1. The van der Waals surface area contributed by atoms with Crippen LogP contribution in [0.25, 0.3) is 0 Å². The minimum atomic E-state index is -0.575. The number of halogens is 1. The Hall–Kier alpha value is -3.44. The Bertz CT molecular complexity index is 1030. The fourth-order valence-corrected chi connectivity index (χ4v) is 3.19. The molecular formula is C21H19FN4O2S. The molecule has 0 aliphatic rings. The second-order valence-electron chi connectivity index (χ2n) is 6.13. The normalized spacial score (nSPS) is 10.2. The van der Waals surface area contributed by atoms with Crippen molar-refractivity contribution in [3.8, 4) is 11.8 Å². The summed E-state index contributed by atoms with van der Waals surface area (Å²) < 4.78 is 19.2. The molecule has 29 heavy (non-hydrogen) atoms. The number of hydrogen-bond acceptors (Lipinski definition) is 6. The SMILES string of the molecule is Cc1nc(COc2ccc(C(=O)NCCNc3cccc(F)c3C#N)cc2)cs1. The zero-order valence-electron chi connectivity index (χ0n) is 15.7. The molecule has 2 aromatic carbocycles. The van der Waals surface area contributed by atoms with Gasteiger partial charge >= 0.3 is 0 Å². The van der Waals surface area contributed by atoms with Gasteiger partial charge in [0, 0.05) is 24.0 Å². The second kappa shape index (κ2) is 9.66. The molecule has 3 aromatic rings. The van der Waals surface area contributed by atoms with Crippen LogP contribution in [0.3, 0.4) is 0 Å². The number of anilines is 1. The van der Waals surface area contributed by atoms with Gasteiger partial charge in [0.25, 0.3) is 5.91 Å². The molecule has 0 unspecified atom stereocenters. The molecule has 6 nitrogen and oxygen atoms in total.